The zero-order chi connectivity index (χ0) is 25.3. The number of alkyl halides is 6. The number of rotatable bonds is 5. The SMILES string of the molecule is CC#CC1CN(C(O)COc2ccc(C)cc2)c2ccc(C(O)(C(F)(F)F)C(F)(F)F)cc2S1. The molecule has 1 aliphatic heterocycles. The second-order valence-electron chi connectivity index (χ2n) is 7.65. The van der Waals surface area contributed by atoms with Gasteiger partial charge in [0.25, 0.3) is 5.60 Å². The number of aliphatic hydroxyl groups excluding tert-OH is 1. The topological polar surface area (TPSA) is 52.9 Å². The van der Waals surface area contributed by atoms with Gasteiger partial charge in [-0.1, -0.05) is 29.7 Å². The Labute approximate surface area is 196 Å². The highest BCUT2D eigenvalue weighted by Crippen LogP contribution is 2.52. The van der Waals surface area contributed by atoms with E-state index in [-0.39, 0.29) is 23.7 Å². The minimum Gasteiger partial charge on any atom is -0.489 e. The van der Waals surface area contributed by atoms with Crippen molar-refractivity contribution in [2.24, 2.45) is 0 Å². The van der Waals surface area contributed by atoms with E-state index < -0.39 is 35.0 Å². The van der Waals surface area contributed by atoms with Gasteiger partial charge < -0.3 is 19.8 Å². The molecule has 0 saturated carbocycles. The monoisotopic (exact) mass is 505 g/mol. The van der Waals surface area contributed by atoms with Crippen LogP contribution in [0.25, 0.3) is 0 Å². The summed E-state index contributed by atoms with van der Waals surface area (Å²) >= 11 is 0.957. The molecule has 0 fully saturated rings. The quantitative estimate of drug-likeness (QED) is 0.442. The number of aryl methyl sites for hydroxylation is 1. The van der Waals surface area contributed by atoms with Crippen molar-refractivity contribution in [3.63, 3.8) is 0 Å². The molecule has 34 heavy (non-hydrogen) atoms. The van der Waals surface area contributed by atoms with Crippen molar-refractivity contribution in [1.82, 2.24) is 0 Å². The molecule has 0 aliphatic carbocycles. The van der Waals surface area contributed by atoms with E-state index in [9.17, 15) is 36.6 Å². The maximum absolute atomic E-state index is 13.3. The van der Waals surface area contributed by atoms with E-state index in [1.165, 1.54) is 4.90 Å². The molecule has 0 radical (unpaired) electrons. The highest BCUT2D eigenvalue weighted by atomic mass is 32.2. The number of benzene rings is 2. The highest BCUT2D eigenvalue weighted by molar-refractivity contribution is 8.00. The molecule has 2 aromatic rings. The Balaban J connectivity index is 1.96. The van der Waals surface area contributed by atoms with Gasteiger partial charge in [0.05, 0.1) is 10.9 Å². The number of anilines is 1. The molecular weight excluding hydrogens is 484 g/mol. The van der Waals surface area contributed by atoms with Crippen LogP contribution in [0.4, 0.5) is 32.0 Å². The van der Waals surface area contributed by atoms with Crippen LogP contribution in [-0.2, 0) is 5.60 Å². The van der Waals surface area contributed by atoms with E-state index in [0.717, 1.165) is 23.4 Å². The van der Waals surface area contributed by atoms with E-state index in [1.54, 1.807) is 19.1 Å². The molecule has 184 valence electrons. The van der Waals surface area contributed by atoms with E-state index in [2.05, 4.69) is 11.8 Å². The van der Waals surface area contributed by atoms with Gasteiger partial charge in [-0.2, -0.15) is 26.3 Å². The summed E-state index contributed by atoms with van der Waals surface area (Å²) in [6.07, 6.45) is -13.3. The summed E-state index contributed by atoms with van der Waals surface area (Å²) in [7, 11) is 0. The standard InChI is InChI=1S/C23H21F6NO3S/c1-3-4-17-12-30(20(31)13-33-16-8-5-14(2)6-9-16)18-10-7-15(11-19(18)34-17)21(32,22(24,25)26)23(27,28)29/h5-11,17,20,31-32H,12-13H2,1-2H3. The number of hydrogen-bond donors (Lipinski definition) is 2. The summed E-state index contributed by atoms with van der Waals surface area (Å²) in [6, 6.07) is 9.25. The Morgan fingerprint density at radius 3 is 2.26 bits per heavy atom. The molecule has 1 aliphatic rings. The summed E-state index contributed by atoms with van der Waals surface area (Å²) in [4.78, 5) is 1.41. The van der Waals surface area contributed by atoms with Crippen molar-refractivity contribution in [1.29, 1.82) is 0 Å². The van der Waals surface area contributed by atoms with Gasteiger partial charge >= 0.3 is 12.4 Å². The average molecular weight is 505 g/mol. The number of fused-ring (bicyclic) bond motifs is 1. The molecule has 2 N–H and O–H groups in total. The van der Waals surface area contributed by atoms with Crippen molar-refractivity contribution >= 4 is 17.4 Å². The van der Waals surface area contributed by atoms with Crippen LogP contribution in [0.2, 0.25) is 0 Å². The van der Waals surface area contributed by atoms with Crippen molar-refractivity contribution in [3.8, 4) is 17.6 Å². The average Bonchev–Trinajstić information content (AvgIpc) is 2.75. The fourth-order valence-corrected chi connectivity index (χ4v) is 4.66. The maximum Gasteiger partial charge on any atom is 0.430 e. The van der Waals surface area contributed by atoms with E-state index in [4.69, 9.17) is 4.74 Å². The maximum atomic E-state index is 13.3. The van der Waals surface area contributed by atoms with Crippen LogP contribution < -0.4 is 9.64 Å². The van der Waals surface area contributed by atoms with E-state index in [1.807, 2.05) is 19.1 Å². The molecule has 3 rings (SSSR count). The first-order valence-electron chi connectivity index (χ1n) is 10.0. The fourth-order valence-electron chi connectivity index (χ4n) is 3.44. The Hall–Kier alpha value is -2.55. The second-order valence-corrected chi connectivity index (χ2v) is 8.89. The number of aliphatic hydroxyl groups is 2. The smallest absolute Gasteiger partial charge is 0.430 e. The van der Waals surface area contributed by atoms with Gasteiger partial charge in [0.2, 0.25) is 0 Å². The summed E-state index contributed by atoms with van der Waals surface area (Å²) in [5.74, 6) is 5.97. The minimum absolute atomic E-state index is 0.0119. The zero-order valence-electron chi connectivity index (χ0n) is 18.0. The molecular formula is C23H21F6NO3S. The number of ether oxygens (including phenoxy) is 1. The van der Waals surface area contributed by atoms with Crippen LogP contribution >= 0.6 is 11.8 Å². The normalized spacial score (nSPS) is 17.5. The van der Waals surface area contributed by atoms with Gasteiger partial charge in [0.15, 0.2) is 6.23 Å². The van der Waals surface area contributed by atoms with Crippen molar-refractivity contribution in [2.45, 2.75) is 48.2 Å². The Bertz CT molecular complexity index is 1060. The number of thioether (sulfide) groups is 1. The summed E-state index contributed by atoms with van der Waals surface area (Å²) in [5.41, 5.74) is -5.20. The predicted octanol–water partition coefficient (Wildman–Crippen LogP) is 5.01. The largest absolute Gasteiger partial charge is 0.489 e. The molecule has 2 unspecified atom stereocenters. The van der Waals surface area contributed by atoms with Crippen molar-refractivity contribution in [2.75, 3.05) is 18.1 Å². The van der Waals surface area contributed by atoms with Gasteiger partial charge in [0.1, 0.15) is 12.4 Å². The first-order chi connectivity index (χ1) is 15.8. The minimum atomic E-state index is -6.00. The molecule has 2 aromatic carbocycles. The van der Waals surface area contributed by atoms with Crippen LogP contribution in [0.3, 0.4) is 0 Å². The van der Waals surface area contributed by atoms with Crippen molar-refractivity contribution in [3.05, 3.63) is 53.6 Å². The number of halogens is 6. The van der Waals surface area contributed by atoms with Crippen LogP contribution in [-0.4, -0.2) is 47.2 Å². The molecule has 11 heteroatoms. The van der Waals surface area contributed by atoms with Gasteiger partial charge in [-0.3, -0.25) is 0 Å². The van der Waals surface area contributed by atoms with Crippen LogP contribution in [0.15, 0.2) is 47.4 Å². The molecule has 0 amide bonds. The molecule has 0 spiro atoms. The second kappa shape index (κ2) is 9.60. The molecule has 0 saturated heterocycles. The summed E-state index contributed by atoms with van der Waals surface area (Å²) < 4.78 is 85.6. The molecule has 0 aromatic heterocycles. The van der Waals surface area contributed by atoms with Crippen LogP contribution in [0, 0.1) is 18.8 Å². The van der Waals surface area contributed by atoms with E-state index in [0.29, 0.717) is 17.9 Å². The third kappa shape index (κ3) is 5.09. The lowest BCUT2D eigenvalue weighted by molar-refractivity contribution is -0.376. The third-order valence-corrected chi connectivity index (χ3v) is 6.36. The van der Waals surface area contributed by atoms with E-state index >= 15 is 0 Å². The van der Waals surface area contributed by atoms with Gasteiger partial charge in [-0.25, -0.2) is 0 Å². The third-order valence-electron chi connectivity index (χ3n) is 5.22. The van der Waals surface area contributed by atoms with Gasteiger partial charge in [0, 0.05) is 17.0 Å². The zero-order valence-corrected chi connectivity index (χ0v) is 18.9. The predicted molar refractivity (Wildman–Crippen MR) is 116 cm³/mol. The first kappa shape index (κ1) is 26.1. The van der Waals surface area contributed by atoms with Gasteiger partial charge in [-0.15, -0.1) is 17.7 Å². The fraction of sp³-hybridized carbons (Fsp3) is 0.391. The lowest BCUT2D eigenvalue weighted by Crippen LogP contribution is -2.54. The van der Waals surface area contributed by atoms with Gasteiger partial charge in [-0.05, 0) is 38.1 Å². The molecule has 0 bridgehead atoms. The summed E-state index contributed by atoms with van der Waals surface area (Å²) in [5, 5.41) is 20.0. The lowest BCUT2D eigenvalue weighted by Gasteiger charge is -2.38. The first-order valence-corrected chi connectivity index (χ1v) is 10.9. The van der Waals surface area contributed by atoms with Crippen LogP contribution in [0.1, 0.15) is 18.1 Å². The number of hydrogen-bond acceptors (Lipinski definition) is 5. The molecule has 2 atom stereocenters. The summed E-state index contributed by atoms with van der Waals surface area (Å²) in [6.45, 7) is 3.37. The Morgan fingerprint density at radius 2 is 1.71 bits per heavy atom. The van der Waals surface area contributed by atoms with Crippen LogP contribution in [0.5, 0.6) is 5.75 Å². The number of nitrogens with zero attached hydrogens (tertiary/aromatic N) is 1. The Kier molecular flexibility index (Phi) is 7.36. The molecule has 1 heterocycles. The molecule has 4 nitrogen and oxygen atoms in total. The lowest BCUT2D eigenvalue weighted by atomic mass is 9.92. The highest BCUT2D eigenvalue weighted by Gasteiger charge is 2.71. The Morgan fingerprint density at radius 1 is 1.09 bits per heavy atom. The van der Waals surface area contributed by atoms with Crippen molar-refractivity contribution < 1.29 is 41.3 Å².